The van der Waals surface area contributed by atoms with E-state index in [0.717, 1.165) is 51.4 Å². The molecule has 3 unspecified atom stereocenters. The Morgan fingerprint density at radius 2 is 0.784 bits per heavy atom. The lowest BCUT2D eigenvalue weighted by Gasteiger charge is -2.25. The minimum absolute atomic E-state index is 0.0536. The van der Waals surface area contributed by atoms with E-state index in [1.165, 1.54) is 225 Å². The quantitative estimate of drug-likeness (QED) is 0.0243. The second kappa shape index (κ2) is 55.9. The van der Waals surface area contributed by atoms with Gasteiger partial charge < -0.3 is 19.8 Å². The van der Waals surface area contributed by atoms with E-state index in [1.54, 1.807) is 6.08 Å². The molecule has 3 N–H and O–H groups in total. The number of phosphoric acid groups is 1. The Kier molecular flexibility index (Phi) is 54.6. The molecule has 0 aliphatic carbocycles. The molecule has 0 aromatic carbocycles. The van der Waals surface area contributed by atoms with Crippen LogP contribution in [0.1, 0.15) is 296 Å². The predicted octanol–water partition coefficient (Wildman–Crippen LogP) is 19.7. The number of allylic oxidation sites excluding steroid dienone is 9. The standard InChI is InChI=1S/C65H123N2O6P/c1-6-8-10-12-14-16-18-20-22-23-24-25-26-27-28-29-30-31-32-33-34-35-36-37-38-39-40-41-42-43-45-47-49-51-53-55-57-59-65(69)66-63(62-73-74(70,71)72-61-60-67(3,4)5)64(68)58-56-54-52-50-48-46-44-21-19-17-15-13-11-9-7-2/h18-21,23-24,48,50,56,58,63-64,68H,6-17,22,25-47,49,51-55,57,59-62H2,1-5H3,(H-,66,69,70,71)/p+1/b20-18-,21-19+,24-23-,50-48+,58-56+. The first-order valence-electron chi connectivity index (χ1n) is 31.7. The molecule has 3 atom stereocenters. The fourth-order valence-corrected chi connectivity index (χ4v) is 9.96. The van der Waals surface area contributed by atoms with Crippen molar-refractivity contribution in [1.82, 2.24) is 5.32 Å². The molecule has 74 heavy (non-hydrogen) atoms. The van der Waals surface area contributed by atoms with Crippen molar-refractivity contribution in [2.75, 3.05) is 40.9 Å². The zero-order valence-electron chi connectivity index (χ0n) is 49.6. The van der Waals surface area contributed by atoms with Crippen LogP contribution in [-0.4, -0.2) is 73.4 Å². The van der Waals surface area contributed by atoms with E-state index in [9.17, 15) is 19.4 Å². The summed E-state index contributed by atoms with van der Waals surface area (Å²) in [4.78, 5) is 23.3. The summed E-state index contributed by atoms with van der Waals surface area (Å²) in [6.07, 6.45) is 76.5. The highest BCUT2D eigenvalue weighted by Crippen LogP contribution is 2.43. The van der Waals surface area contributed by atoms with Gasteiger partial charge in [0.05, 0.1) is 39.9 Å². The van der Waals surface area contributed by atoms with Gasteiger partial charge in [-0.3, -0.25) is 13.8 Å². The summed E-state index contributed by atoms with van der Waals surface area (Å²) in [7, 11) is 1.55. The van der Waals surface area contributed by atoms with Crippen LogP contribution in [0.25, 0.3) is 0 Å². The third kappa shape index (κ3) is 57.9. The lowest BCUT2D eigenvalue weighted by atomic mass is 10.0. The third-order valence-electron chi connectivity index (χ3n) is 14.2. The summed E-state index contributed by atoms with van der Waals surface area (Å²) in [5.41, 5.74) is 0. The molecule has 0 aliphatic heterocycles. The molecule has 0 aromatic rings. The highest BCUT2D eigenvalue weighted by molar-refractivity contribution is 7.47. The van der Waals surface area contributed by atoms with Gasteiger partial charge in [-0.25, -0.2) is 4.57 Å². The average molecular weight is 1060 g/mol. The molecule has 0 spiro atoms. The Morgan fingerprint density at radius 1 is 0.459 bits per heavy atom. The lowest BCUT2D eigenvalue weighted by molar-refractivity contribution is -0.870. The molecule has 0 saturated heterocycles. The Bertz CT molecular complexity index is 1390. The largest absolute Gasteiger partial charge is 0.472 e. The maximum absolute atomic E-state index is 13.0. The number of carbonyl (C=O) groups excluding carboxylic acids is 1. The number of nitrogens with one attached hydrogen (secondary N) is 1. The molecular weight excluding hydrogens is 936 g/mol. The first kappa shape index (κ1) is 72.2. The summed E-state index contributed by atoms with van der Waals surface area (Å²) < 4.78 is 23.7. The molecule has 0 bridgehead atoms. The molecule has 0 aliphatic rings. The van der Waals surface area contributed by atoms with Crippen LogP contribution < -0.4 is 5.32 Å². The van der Waals surface area contributed by atoms with Gasteiger partial charge in [0.1, 0.15) is 13.2 Å². The molecule has 9 heteroatoms. The predicted molar refractivity (Wildman–Crippen MR) is 323 cm³/mol. The van der Waals surface area contributed by atoms with Crippen LogP contribution in [0, 0.1) is 0 Å². The Hall–Kier alpha value is -1.80. The minimum atomic E-state index is -4.36. The number of unbranched alkanes of at least 4 members (excludes halogenated alkanes) is 37. The Labute approximate surface area is 460 Å². The van der Waals surface area contributed by atoms with E-state index in [2.05, 4.69) is 67.8 Å². The number of likely N-dealkylation sites (N-methyl/N-ethyl adjacent to an activating group) is 1. The van der Waals surface area contributed by atoms with E-state index >= 15 is 0 Å². The second-order valence-corrected chi connectivity index (χ2v) is 24.2. The van der Waals surface area contributed by atoms with E-state index in [4.69, 9.17) is 9.05 Å². The van der Waals surface area contributed by atoms with Gasteiger partial charge >= 0.3 is 7.82 Å². The highest BCUT2D eigenvalue weighted by Gasteiger charge is 2.27. The fourth-order valence-electron chi connectivity index (χ4n) is 9.22. The maximum Gasteiger partial charge on any atom is 0.472 e. The minimum Gasteiger partial charge on any atom is -0.387 e. The number of aliphatic hydroxyl groups excluding tert-OH is 1. The van der Waals surface area contributed by atoms with E-state index in [-0.39, 0.29) is 19.1 Å². The van der Waals surface area contributed by atoms with Crippen molar-refractivity contribution in [3.05, 3.63) is 60.8 Å². The van der Waals surface area contributed by atoms with Gasteiger partial charge in [-0.15, -0.1) is 0 Å². The summed E-state index contributed by atoms with van der Waals surface area (Å²) in [5.74, 6) is -0.188. The highest BCUT2D eigenvalue weighted by atomic mass is 31.2. The molecule has 1 amide bonds. The van der Waals surface area contributed by atoms with Gasteiger partial charge in [0.25, 0.3) is 0 Å². The van der Waals surface area contributed by atoms with Crippen LogP contribution in [0.5, 0.6) is 0 Å². The van der Waals surface area contributed by atoms with Crippen LogP contribution in [0.3, 0.4) is 0 Å². The van der Waals surface area contributed by atoms with Gasteiger partial charge in [0, 0.05) is 6.42 Å². The average Bonchev–Trinajstić information content (AvgIpc) is 3.36. The smallest absolute Gasteiger partial charge is 0.387 e. The summed E-state index contributed by atoms with van der Waals surface area (Å²) in [6, 6.07) is -0.869. The number of amides is 1. The van der Waals surface area contributed by atoms with E-state index < -0.39 is 20.0 Å². The number of phosphoric ester groups is 1. The number of rotatable bonds is 58. The maximum atomic E-state index is 13.0. The van der Waals surface area contributed by atoms with Crippen molar-refractivity contribution in [2.24, 2.45) is 0 Å². The Balaban J connectivity index is 3.96. The van der Waals surface area contributed by atoms with Gasteiger partial charge in [-0.1, -0.05) is 274 Å². The normalized spacial score (nSPS) is 14.2. The van der Waals surface area contributed by atoms with Crippen LogP contribution in [0.2, 0.25) is 0 Å². The molecule has 0 fully saturated rings. The van der Waals surface area contributed by atoms with Crippen molar-refractivity contribution in [2.45, 2.75) is 309 Å². The monoisotopic (exact) mass is 1060 g/mol. The fraction of sp³-hybridized carbons (Fsp3) is 0.831. The summed E-state index contributed by atoms with van der Waals surface area (Å²) >= 11 is 0. The zero-order chi connectivity index (χ0) is 54.2. The Morgan fingerprint density at radius 3 is 1.16 bits per heavy atom. The number of hydrogen-bond donors (Lipinski definition) is 3. The molecule has 0 rings (SSSR count). The van der Waals surface area contributed by atoms with Crippen LogP contribution in [0.4, 0.5) is 0 Å². The SMILES string of the molecule is CCCCCCC/C=C\C/C=C\CCCCCCCCCCCCCCCCCCCCCCCCCCCC(=O)NC(COP(=O)(O)OCC[N+](C)(C)C)C(O)/C=C/CC/C=C/CC/C=C/CCCCCCC. The van der Waals surface area contributed by atoms with Crippen LogP contribution >= 0.6 is 7.82 Å². The van der Waals surface area contributed by atoms with Gasteiger partial charge in [-0.05, 0) is 77.0 Å². The summed E-state index contributed by atoms with van der Waals surface area (Å²) in [6.45, 7) is 4.78. The molecule has 434 valence electrons. The zero-order valence-corrected chi connectivity index (χ0v) is 50.5. The molecule has 8 nitrogen and oxygen atoms in total. The van der Waals surface area contributed by atoms with Crippen LogP contribution in [0.15, 0.2) is 60.8 Å². The number of aliphatic hydroxyl groups is 1. The van der Waals surface area contributed by atoms with Crippen molar-refractivity contribution < 1.29 is 32.9 Å². The van der Waals surface area contributed by atoms with Gasteiger partial charge in [0.15, 0.2) is 0 Å². The number of carbonyl (C=O) groups is 1. The molecule has 0 saturated carbocycles. The lowest BCUT2D eigenvalue weighted by Crippen LogP contribution is -2.45. The first-order valence-corrected chi connectivity index (χ1v) is 33.2. The molecule has 0 aromatic heterocycles. The van der Waals surface area contributed by atoms with Gasteiger partial charge in [-0.2, -0.15) is 0 Å². The van der Waals surface area contributed by atoms with Crippen molar-refractivity contribution >= 4 is 13.7 Å². The van der Waals surface area contributed by atoms with Crippen molar-refractivity contribution in [3.63, 3.8) is 0 Å². The van der Waals surface area contributed by atoms with Crippen LogP contribution in [-0.2, 0) is 18.4 Å². The molecular formula is C65H124N2O6P+. The first-order chi connectivity index (χ1) is 36.0. The second-order valence-electron chi connectivity index (χ2n) is 22.8. The van der Waals surface area contributed by atoms with Gasteiger partial charge in [0.2, 0.25) is 5.91 Å². The topological polar surface area (TPSA) is 105 Å². The van der Waals surface area contributed by atoms with E-state index in [0.29, 0.717) is 17.4 Å². The third-order valence-corrected chi connectivity index (χ3v) is 15.2. The number of hydrogen-bond acceptors (Lipinski definition) is 5. The number of nitrogens with zero attached hydrogens (tertiary/aromatic N) is 1. The van der Waals surface area contributed by atoms with Crippen molar-refractivity contribution in [1.29, 1.82) is 0 Å². The molecule has 0 heterocycles. The van der Waals surface area contributed by atoms with E-state index in [1.807, 2.05) is 27.2 Å². The number of quaternary nitrogens is 1. The summed E-state index contributed by atoms with van der Waals surface area (Å²) in [5, 5.41) is 13.9. The van der Waals surface area contributed by atoms with Crippen molar-refractivity contribution in [3.8, 4) is 0 Å². The molecule has 0 radical (unpaired) electrons.